The van der Waals surface area contributed by atoms with Crippen LogP contribution in [0.15, 0.2) is 72.3 Å². The fraction of sp³-hybridized carbons (Fsp3) is 0.0870. The highest BCUT2D eigenvalue weighted by molar-refractivity contribution is 5.99. The summed E-state index contributed by atoms with van der Waals surface area (Å²) in [6, 6.07) is 7.82. The van der Waals surface area contributed by atoms with Gasteiger partial charge < -0.3 is 21.7 Å². The van der Waals surface area contributed by atoms with Crippen LogP contribution in [0.3, 0.4) is 0 Å². The SMILES string of the molecule is C=CC(=O)Nc1ccc(F)c(Nc2nc(N/C(C=NC)=C/N)ncc2-c2ccnc(C)c2)c1. The maximum Gasteiger partial charge on any atom is 0.247 e. The molecule has 0 atom stereocenters. The highest BCUT2D eigenvalue weighted by Crippen LogP contribution is 2.31. The number of rotatable bonds is 8. The van der Waals surface area contributed by atoms with Gasteiger partial charge in [-0.05, 0) is 48.9 Å². The summed E-state index contributed by atoms with van der Waals surface area (Å²) in [6.45, 7) is 5.28. The Morgan fingerprint density at radius 1 is 1.21 bits per heavy atom. The van der Waals surface area contributed by atoms with E-state index in [1.165, 1.54) is 30.6 Å². The molecule has 0 bridgehead atoms. The highest BCUT2D eigenvalue weighted by Gasteiger charge is 2.14. The summed E-state index contributed by atoms with van der Waals surface area (Å²) in [5.41, 5.74) is 8.80. The monoisotopic (exact) mass is 446 g/mol. The molecule has 3 rings (SSSR count). The second-order valence-electron chi connectivity index (χ2n) is 6.79. The molecule has 0 fully saturated rings. The minimum Gasteiger partial charge on any atom is -0.403 e. The van der Waals surface area contributed by atoms with Gasteiger partial charge in [0.25, 0.3) is 0 Å². The van der Waals surface area contributed by atoms with Gasteiger partial charge in [-0.3, -0.25) is 14.8 Å². The van der Waals surface area contributed by atoms with Crippen molar-refractivity contribution in [2.45, 2.75) is 6.92 Å². The molecule has 0 aliphatic carbocycles. The van der Waals surface area contributed by atoms with Gasteiger partial charge in [0, 0.05) is 48.8 Å². The molecule has 0 aliphatic rings. The van der Waals surface area contributed by atoms with Crippen molar-refractivity contribution in [3.8, 4) is 11.1 Å². The molecule has 5 N–H and O–H groups in total. The van der Waals surface area contributed by atoms with E-state index < -0.39 is 11.7 Å². The van der Waals surface area contributed by atoms with Crippen molar-refractivity contribution < 1.29 is 9.18 Å². The van der Waals surface area contributed by atoms with Crippen molar-refractivity contribution in [1.29, 1.82) is 0 Å². The number of halogens is 1. The molecule has 1 aromatic carbocycles. The molecule has 2 heterocycles. The quantitative estimate of drug-likeness (QED) is 0.306. The number of amides is 1. The first-order valence-corrected chi connectivity index (χ1v) is 9.84. The van der Waals surface area contributed by atoms with Crippen LogP contribution in [0, 0.1) is 12.7 Å². The van der Waals surface area contributed by atoms with E-state index >= 15 is 0 Å². The maximum absolute atomic E-state index is 14.6. The Balaban J connectivity index is 2.05. The minimum atomic E-state index is -0.530. The van der Waals surface area contributed by atoms with E-state index in [1.54, 1.807) is 25.5 Å². The third kappa shape index (κ3) is 5.97. The predicted molar refractivity (Wildman–Crippen MR) is 129 cm³/mol. The molecule has 0 aliphatic heterocycles. The van der Waals surface area contributed by atoms with E-state index in [2.05, 4.69) is 42.5 Å². The highest BCUT2D eigenvalue weighted by atomic mass is 19.1. The second-order valence-corrected chi connectivity index (χ2v) is 6.79. The van der Waals surface area contributed by atoms with Crippen LogP contribution in [0.5, 0.6) is 0 Å². The fourth-order valence-electron chi connectivity index (χ4n) is 2.87. The second kappa shape index (κ2) is 10.6. The van der Waals surface area contributed by atoms with Gasteiger partial charge in [-0.25, -0.2) is 9.37 Å². The number of nitrogens with zero attached hydrogens (tertiary/aromatic N) is 4. The zero-order valence-corrected chi connectivity index (χ0v) is 18.1. The van der Waals surface area contributed by atoms with Crippen molar-refractivity contribution >= 4 is 35.3 Å². The molecule has 10 heteroatoms. The standard InChI is InChI=1S/C23H23FN8O/c1-4-21(33)29-16-5-6-19(24)20(10-16)31-22-18(15-7-8-27-14(2)9-15)13-28-23(32-22)30-17(11-25)12-26-3/h4-13H,1,25H2,2-3H3,(H,29,33)(H2,28,30,31,32)/b17-11+,26-12?. The van der Waals surface area contributed by atoms with Crippen molar-refractivity contribution in [2.24, 2.45) is 10.7 Å². The molecule has 33 heavy (non-hydrogen) atoms. The molecule has 0 saturated carbocycles. The first-order valence-electron chi connectivity index (χ1n) is 9.84. The van der Waals surface area contributed by atoms with Crippen molar-refractivity contribution in [1.82, 2.24) is 15.0 Å². The first kappa shape index (κ1) is 23.1. The molecule has 0 spiro atoms. The maximum atomic E-state index is 14.6. The lowest BCUT2D eigenvalue weighted by Gasteiger charge is -2.15. The Hall–Kier alpha value is -4.60. The average Bonchev–Trinajstić information content (AvgIpc) is 2.81. The zero-order valence-electron chi connectivity index (χ0n) is 18.1. The lowest BCUT2D eigenvalue weighted by molar-refractivity contribution is -0.111. The fourth-order valence-corrected chi connectivity index (χ4v) is 2.87. The van der Waals surface area contributed by atoms with Gasteiger partial charge in [0.1, 0.15) is 11.6 Å². The van der Waals surface area contributed by atoms with Gasteiger partial charge in [-0.15, -0.1) is 0 Å². The number of allylic oxidation sites excluding steroid dienone is 1. The number of aryl methyl sites for hydroxylation is 1. The van der Waals surface area contributed by atoms with Crippen LogP contribution < -0.4 is 21.7 Å². The van der Waals surface area contributed by atoms with Crippen LogP contribution in [0.2, 0.25) is 0 Å². The molecule has 2 aromatic heterocycles. The number of hydrogen-bond donors (Lipinski definition) is 4. The molecule has 0 unspecified atom stereocenters. The molecule has 0 saturated heterocycles. The number of nitrogens with one attached hydrogen (secondary N) is 3. The van der Waals surface area contributed by atoms with E-state index in [-0.39, 0.29) is 11.6 Å². The summed E-state index contributed by atoms with van der Waals surface area (Å²) in [5.74, 6) is -0.390. The molecule has 0 radical (unpaired) electrons. The number of aromatic nitrogens is 3. The number of aliphatic imine (C=N–C) groups is 1. The van der Waals surface area contributed by atoms with E-state index in [0.717, 1.165) is 17.3 Å². The number of nitrogens with two attached hydrogens (primary N) is 1. The molecular weight excluding hydrogens is 423 g/mol. The van der Waals surface area contributed by atoms with E-state index in [0.29, 0.717) is 22.8 Å². The van der Waals surface area contributed by atoms with Crippen molar-refractivity contribution in [3.63, 3.8) is 0 Å². The number of pyridine rings is 1. The minimum absolute atomic E-state index is 0.109. The van der Waals surface area contributed by atoms with E-state index in [1.807, 2.05) is 13.0 Å². The molecular formula is C23H23FN8O. The van der Waals surface area contributed by atoms with Crippen LogP contribution in [0.4, 0.5) is 27.5 Å². The van der Waals surface area contributed by atoms with Gasteiger partial charge >= 0.3 is 0 Å². The Kier molecular flexibility index (Phi) is 7.43. The van der Waals surface area contributed by atoms with Crippen LogP contribution in [-0.4, -0.2) is 34.1 Å². The predicted octanol–water partition coefficient (Wildman–Crippen LogP) is 3.77. The number of benzene rings is 1. The van der Waals surface area contributed by atoms with Gasteiger partial charge in [-0.1, -0.05) is 6.58 Å². The van der Waals surface area contributed by atoms with Gasteiger partial charge in [-0.2, -0.15) is 4.98 Å². The molecule has 1 amide bonds. The Morgan fingerprint density at radius 3 is 2.73 bits per heavy atom. The van der Waals surface area contributed by atoms with Gasteiger partial charge in [0.2, 0.25) is 11.9 Å². The normalized spacial score (nSPS) is 11.3. The largest absolute Gasteiger partial charge is 0.403 e. The van der Waals surface area contributed by atoms with Crippen LogP contribution >= 0.6 is 0 Å². The molecule has 9 nitrogen and oxygen atoms in total. The van der Waals surface area contributed by atoms with Crippen LogP contribution in [0.1, 0.15) is 5.69 Å². The summed E-state index contributed by atoms with van der Waals surface area (Å²) in [5, 5.41) is 8.57. The first-order chi connectivity index (χ1) is 15.9. The van der Waals surface area contributed by atoms with Gasteiger partial charge in [0.15, 0.2) is 0 Å². The third-order valence-electron chi connectivity index (χ3n) is 4.37. The molecule has 3 aromatic rings. The smallest absolute Gasteiger partial charge is 0.247 e. The Morgan fingerprint density at radius 2 is 2.03 bits per heavy atom. The summed E-state index contributed by atoms with van der Waals surface area (Å²) in [4.78, 5) is 28.6. The lowest BCUT2D eigenvalue weighted by Crippen LogP contribution is -2.10. The number of carbonyl (C=O) groups is 1. The molecule has 168 valence electrons. The van der Waals surface area contributed by atoms with E-state index in [9.17, 15) is 9.18 Å². The van der Waals surface area contributed by atoms with Crippen molar-refractivity contribution in [3.05, 3.63) is 78.8 Å². The average molecular weight is 446 g/mol. The third-order valence-corrected chi connectivity index (χ3v) is 4.37. The summed E-state index contributed by atoms with van der Waals surface area (Å²) in [6.07, 6.45) is 7.24. The number of anilines is 4. The van der Waals surface area contributed by atoms with Crippen LogP contribution in [0.25, 0.3) is 11.1 Å². The summed E-state index contributed by atoms with van der Waals surface area (Å²) < 4.78 is 14.6. The van der Waals surface area contributed by atoms with E-state index in [4.69, 9.17) is 5.73 Å². The van der Waals surface area contributed by atoms with Crippen molar-refractivity contribution in [2.75, 3.05) is 23.0 Å². The lowest BCUT2D eigenvalue weighted by atomic mass is 10.1. The zero-order chi connectivity index (χ0) is 23.8. The van der Waals surface area contributed by atoms with Crippen LogP contribution in [-0.2, 0) is 4.79 Å². The number of hydrogen-bond acceptors (Lipinski definition) is 8. The number of carbonyl (C=O) groups excluding carboxylic acids is 1. The Labute approximate surface area is 190 Å². The summed E-state index contributed by atoms with van der Waals surface area (Å²) in [7, 11) is 1.61. The summed E-state index contributed by atoms with van der Waals surface area (Å²) >= 11 is 0. The Bertz CT molecular complexity index is 1240. The topological polar surface area (TPSA) is 130 Å². The van der Waals surface area contributed by atoms with Gasteiger partial charge in [0.05, 0.1) is 11.4 Å².